The van der Waals surface area contributed by atoms with Gasteiger partial charge in [0.1, 0.15) is 18.5 Å². The highest BCUT2D eigenvalue weighted by Gasteiger charge is 2.16. The Morgan fingerprint density at radius 2 is 1.79 bits per heavy atom. The number of aryl methyl sites for hydroxylation is 1. The molecular formula is C23H24N2O4. The molecule has 0 amide bonds. The molecule has 0 spiro atoms. The van der Waals surface area contributed by atoms with Gasteiger partial charge in [-0.05, 0) is 18.6 Å². The highest BCUT2D eigenvalue weighted by molar-refractivity contribution is 5.69. The second-order valence-corrected chi connectivity index (χ2v) is 6.87. The molecule has 1 aliphatic rings. The van der Waals surface area contributed by atoms with Gasteiger partial charge in [-0.2, -0.15) is 0 Å². The molecule has 3 heterocycles. The predicted octanol–water partition coefficient (Wildman–Crippen LogP) is 3.92. The Morgan fingerprint density at radius 1 is 1.00 bits per heavy atom. The summed E-state index contributed by atoms with van der Waals surface area (Å²) < 4.78 is 22.3. The fourth-order valence-electron chi connectivity index (χ4n) is 3.11. The summed E-state index contributed by atoms with van der Waals surface area (Å²) in [7, 11) is 1.60. The van der Waals surface area contributed by atoms with Crippen LogP contribution in [0, 0.1) is 6.92 Å². The van der Waals surface area contributed by atoms with Gasteiger partial charge >= 0.3 is 0 Å². The lowest BCUT2D eigenvalue weighted by atomic mass is 10.0. The number of hydrogen-bond acceptors (Lipinski definition) is 6. The molecule has 1 aliphatic heterocycles. The van der Waals surface area contributed by atoms with Gasteiger partial charge in [0.05, 0.1) is 32.6 Å². The molecule has 1 unspecified atom stereocenters. The maximum atomic E-state index is 5.92. The van der Waals surface area contributed by atoms with Gasteiger partial charge in [-0.25, -0.2) is 4.98 Å². The van der Waals surface area contributed by atoms with E-state index in [1.165, 1.54) is 0 Å². The van der Waals surface area contributed by atoms with Crippen LogP contribution in [0.5, 0.6) is 11.6 Å². The third-order valence-corrected chi connectivity index (χ3v) is 4.73. The first-order valence-electron chi connectivity index (χ1n) is 9.63. The maximum absolute atomic E-state index is 5.92. The molecule has 2 aromatic heterocycles. The summed E-state index contributed by atoms with van der Waals surface area (Å²) in [6, 6.07) is 16.0. The summed E-state index contributed by atoms with van der Waals surface area (Å²) in [5, 5.41) is 0. The monoisotopic (exact) mass is 392 g/mol. The van der Waals surface area contributed by atoms with Crippen molar-refractivity contribution in [3.05, 3.63) is 60.4 Å². The van der Waals surface area contributed by atoms with Gasteiger partial charge in [0.15, 0.2) is 0 Å². The van der Waals surface area contributed by atoms with Crippen molar-refractivity contribution in [1.82, 2.24) is 9.97 Å². The maximum Gasteiger partial charge on any atom is 0.217 e. The van der Waals surface area contributed by atoms with E-state index in [1.54, 1.807) is 13.2 Å². The summed E-state index contributed by atoms with van der Waals surface area (Å²) >= 11 is 0. The molecule has 0 saturated carbocycles. The lowest BCUT2D eigenvalue weighted by molar-refractivity contribution is -0.101. The van der Waals surface area contributed by atoms with Gasteiger partial charge in [0.2, 0.25) is 5.88 Å². The quantitative estimate of drug-likeness (QED) is 0.634. The van der Waals surface area contributed by atoms with E-state index < -0.39 is 0 Å². The molecule has 150 valence electrons. The van der Waals surface area contributed by atoms with E-state index in [1.807, 2.05) is 37.4 Å². The van der Waals surface area contributed by atoms with Crippen LogP contribution < -0.4 is 9.47 Å². The zero-order valence-corrected chi connectivity index (χ0v) is 16.6. The Balaban J connectivity index is 1.52. The number of methoxy groups -OCH3 is 1. The minimum Gasteiger partial charge on any atom is -0.491 e. The van der Waals surface area contributed by atoms with Crippen molar-refractivity contribution in [1.29, 1.82) is 0 Å². The van der Waals surface area contributed by atoms with Crippen LogP contribution in [0.3, 0.4) is 0 Å². The Morgan fingerprint density at radius 3 is 2.48 bits per heavy atom. The number of rotatable bonds is 6. The van der Waals surface area contributed by atoms with Gasteiger partial charge < -0.3 is 18.9 Å². The van der Waals surface area contributed by atoms with E-state index in [-0.39, 0.29) is 6.10 Å². The largest absolute Gasteiger partial charge is 0.491 e. The topological polar surface area (TPSA) is 62.7 Å². The minimum atomic E-state index is -0.0613. The van der Waals surface area contributed by atoms with E-state index in [9.17, 15) is 0 Å². The third-order valence-electron chi connectivity index (χ3n) is 4.73. The number of aromatic nitrogens is 2. The Bertz CT molecular complexity index is 936. The standard InChI is InChI=1S/C23H24N2O4/c1-16-3-4-19(13-24-16)17-5-7-18(8-6-17)22-11-20(12-23(25-22)26-2)29-15-21-14-27-9-10-28-21/h3-8,11-13,21H,9-10,14-15H2,1-2H3. The smallest absolute Gasteiger partial charge is 0.217 e. The molecule has 6 heteroatoms. The van der Waals surface area contributed by atoms with E-state index in [0.717, 1.165) is 28.1 Å². The fraction of sp³-hybridized carbons (Fsp3) is 0.304. The van der Waals surface area contributed by atoms with Gasteiger partial charge in [0.25, 0.3) is 0 Å². The van der Waals surface area contributed by atoms with Crippen molar-refractivity contribution < 1.29 is 18.9 Å². The van der Waals surface area contributed by atoms with Crippen LogP contribution in [-0.2, 0) is 9.47 Å². The molecule has 1 atom stereocenters. The SMILES string of the molecule is COc1cc(OCC2COCCO2)cc(-c2ccc(-c3ccc(C)nc3)cc2)n1. The van der Waals surface area contributed by atoms with Crippen molar-refractivity contribution in [3.63, 3.8) is 0 Å². The highest BCUT2D eigenvalue weighted by Crippen LogP contribution is 2.28. The molecule has 4 rings (SSSR count). The van der Waals surface area contributed by atoms with Crippen molar-refractivity contribution >= 4 is 0 Å². The Labute approximate surface area is 170 Å². The van der Waals surface area contributed by atoms with Gasteiger partial charge in [-0.1, -0.05) is 30.3 Å². The second-order valence-electron chi connectivity index (χ2n) is 6.87. The molecule has 29 heavy (non-hydrogen) atoms. The zero-order chi connectivity index (χ0) is 20.1. The molecule has 0 aliphatic carbocycles. The van der Waals surface area contributed by atoms with E-state index in [2.05, 4.69) is 28.2 Å². The molecule has 1 aromatic carbocycles. The number of benzene rings is 1. The first-order valence-corrected chi connectivity index (χ1v) is 9.63. The van der Waals surface area contributed by atoms with Crippen LogP contribution in [0.25, 0.3) is 22.4 Å². The van der Waals surface area contributed by atoms with E-state index >= 15 is 0 Å². The van der Waals surface area contributed by atoms with Gasteiger partial charge in [-0.15, -0.1) is 0 Å². The number of pyridine rings is 2. The van der Waals surface area contributed by atoms with Crippen LogP contribution >= 0.6 is 0 Å². The summed E-state index contributed by atoms with van der Waals surface area (Å²) in [5.41, 5.74) is 4.96. The summed E-state index contributed by atoms with van der Waals surface area (Å²) in [4.78, 5) is 8.93. The minimum absolute atomic E-state index is 0.0613. The molecule has 0 radical (unpaired) electrons. The highest BCUT2D eigenvalue weighted by atomic mass is 16.6. The van der Waals surface area contributed by atoms with Crippen molar-refractivity contribution in [2.45, 2.75) is 13.0 Å². The first-order chi connectivity index (χ1) is 14.2. The van der Waals surface area contributed by atoms with E-state index in [0.29, 0.717) is 38.1 Å². The van der Waals surface area contributed by atoms with Crippen molar-refractivity contribution in [3.8, 4) is 34.0 Å². The predicted molar refractivity (Wildman–Crippen MR) is 110 cm³/mol. The third kappa shape index (κ3) is 4.91. The number of nitrogens with zero attached hydrogens (tertiary/aromatic N) is 2. The summed E-state index contributed by atoms with van der Waals surface area (Å²) in [5.74, 6) is 1.19. The fourth-order valence-corrected chi connectivity index (χ4v) is 3.11. The van der Waals surface area contributed by atoms with Crippen LogP contribution in [0.1, 0.15) is 5.69 Å². The molecule has 1 saturated heterocycles. The molecule has 3 aromatic rings. The van der Waals surface area contributed by atoms with Crippen molar-refractivity contribution in [2.75, 3.05) is 33.5 Å². The van der Waals surface area contributed by atoms with Crippen LogP contribution in [0.4, 0.5) is 0 Å². The summed E-state index contributed by atoms with van der Waals surface area (Å²) in [6.45, 7) is 4.19. The van der Waals surface area contributed by atoms with Gasteiger partial charge in [-0.3, -0.25) is 4.98 Å². The lowest BCUT2D eigenvalue weighted by Crippen LogP contribution is -2.33. The molecule has 6 nitrogen and oxygen atoms in total. The Kier molecular flexibility index (Phi) is 6.03. The van der Waals surface area contributed by atoms with Crippen LogP contribution in [-0.4, -0.2) is 49.6 Å². The number of ether oxygens (including phenoxy) is 4. The average Bonchev–Trinajstić information content (AvgIpc) is 2.79. The first kappa shape index (κ1) is 19.4. The normalized spacial score (nSPS) is 16.4. The second kappa shape index (κ2) is 9.03. The molecular weight excluding hydrogens is 368 g/mol. The molecule has 0 N–H and O–H groups in total. The zero-order valence-electron chi connectivity index (χ0n) is 16.6. The Hall–Kier alpha value is -2.96. The van der Waals surface area contributed by atoms with Crippen LogP contribution in [0.15, 0.2) is 54.7 Å². The van der Waals surface area contributed by atoms with Gasteiger partial charge in [0, 0.05) is 35.2 Å². The van der Waals surface area contributed by atoms with E-state index in [4.69, 9.17) is 18.9 Å². The molecule has 1 fully saturated rings. The average molecular weight is 392 g/mol. The summed E-state index contributed by atoms with van der Waals surface area (Å²) in [6.07, 6.45) is 1.82. The van der Waals surface area contributed by atoms with Crippen LogP contribution in [0.2, 0.25) is 0 Å². The lowest BCUT2D eigenvalue weighted by Gasteiger charge is -2.23. The molecule has 0 bridgehead atoms. The van der Waals surface area contributed by atoms with Crippen molar-refractivity contribution in [2.24, 2.45) is 0 Å². The number of hydrogen-bond donors (Lipinski definition) is 0.